The van der Waals surface area contributed by atoms with Crippen LogP contribution in [0.5, 0.6) is 0 Å². The molecule has 1 N–H and O–H groups in total. The molecule has 2 aromatic rings. The summed E-state index contributed by atoms with van der Waals surface area (Å²) in [5, 5.41) is 18.4. The molecule has 0 bridgehead atoms. The number of benzene rings is 1. The molecule has 1 amide bonds. The standard InChI is InChI=1S/C17H21N5O3/c1-20-16(15(11-19-20)22(24)25)17(23)21-9-5-8-14(12-21)18-10-13-6-3-2-4-7-13/h2-4,6-7,11,14,18H,5,8-10,12H2,1H3. The molecular formula is C17H21N5O3. The summed E-state index contributed by atoms with van der Waals surface area (Å²) in [5.74, 6) is -0.335. The van der Waals surface area contributed by atoms with E-state index in [2.05, 4.69) is 22.5 Å². The van der Waals surface area contributed by atoms with Crippen molar-refractivity contribution in [3.8, 4) is 0 Å². The number of rotatable bonds is 5. The quantitative estimate of drug-likeness (QED) is 0.659. The maximum Gasteiger partial charge on any atom is 0.320 e. The first kappa shape index (κ1) is 17.1. The summed E-state index contributed by atoms with van der Waals surface area (Å²) in [4.78, 5) is 25.0. The third-order valence-corrected chi connectivity index (χ3v) is 4.47. The fourth-order valence-corrected chi connectivity index (χ4v) is 3.14. The van der Waals surface area contributed by atoms with Gasteiger partial charge in [0, 0.05) is 32.7 Å². The van der Waals surface area contributed by atoms with Crippen molar-refractivity contribution < 1.29 is 9.72 Å². The molecule has 0 spiro atoms. The van der Waals surface area contributed by atoms with Gasteiger partial charge < -0.3 is 10.2 Å². The molecule has 132 valence electrons. The number of carbonyl (C=O) groups is 1. The van der Waals surface area contributed by atoms with Crippen LogP contribution in [-0.4, -0.2) is 44.6 Å². The van der Waals surface area contributed by atoms with Gasteiger partial charge in [-0.2, -0.15) is 5.10 Å². The van der Waals surface area contributed by atoms with Crippen LogP contribution in [0.1, 0.15) is 28.9 Å². The number of hydrogen-bond donors (Lipinski definition) is 1. The van der Waals surface area contributed by atoms with Gasteiger partial charge in [0.1, 0.15) is 6.20 Å². The summed E-state index contributed by atoms with van der Waals surface area (Å²) >= 11 is 0. The molecule has 1 aliphatic rings. The van der Waals surface area contributed by atoms with E-state index >= 15 is 0 Å². The number of aromatic nitrogens is 2. The van der Waals surface area contributed by atoms with E-state index in [1.54, 1.807) is 11.9 Å². The van der Waals surface area contributed by atoms with Crippen molar-refractivity contribution in [1.82, 2.24) is 20.0 Å². The average Bonchev–Trinajstić information content (AvgIpc) is 3.02. The summed E-state index contributed by atoms with van der Waals surface area (Å²) in [6.07, 6.45) is 2.97. The highest BCUT2D eigenvalue weighted by Crippen LogP contribution is 2.21. The molecule has 25 heavy (non-hydrogen) atoms. The van der Waals surface area contributed by atoms with Crippen molar-refractivity contribution >= 4 is 11.6 Å². The lowest BCUT2D eigenvalue weighted by Gasteiger charge is -2.33. The molecule has 1 atom stereocenters. The molecule has 0 aliphatic carbocycles. The Morgan fingerprint density at radius 1 is 1.40 bits per heavy atom. The van der Waals surface area contributed by atoms with E-state index in [9.17, 15) is 14.9 Å². The van der Waals surface area contributed by atoms with Crippen molar-refractivity contribution in [2.45, 2.75) is 25.4 Å². The Balaban J connectivity index is 1.66. The van der Waals surface area contributed by atoms with Crippen LogP contribution < -0.4 is 5.32 Å². The maximum absolute atomic E-state index is 12.8. The minimum Gasteiger partial charge on any atom is -0.336 e. The summed E-state index contributed by atoms with van der Waals surface area (Å²) in [7, 11) is 1.55. The normalized spacial score (nSPS) is 17.5. The van der Waals surface area contributed by atoms with Crippen LogP contribution in [0, 0.1) is 10.1 Å². The zero-order valence-electron chi connectivity index (χ0n) is 14.1. The fraction of sp³-hybridized carbons (Fsp3) is 0.412. The van der Waals surface area contributed by atoms with Crippen LogP contribution in [0.4, 0.5) is 5.69 Å². The van der Waals surface area contributed by atoms with Crippen LogP contribution in [0.25, 0.3) is 0 Å². The van der Waals surface area contributed by atoms with Gasteiger partial charge in [-0.05, 0) is 18.4 Å². The Hall–Kier alpha value is -2.74. The molecule has 1 aromatic carbocycles. The van der Waals surface area contributed by atoms with Gasteiger partial charge >= 0.3 is 5.69 Å². The van der Waals surface area contributed by atoms with E-state index in [4.69, 9.17) is 0 Å². The van der Waals surface area contributed by atoms with Gasteiger partial charge in [0.05, 0.1) is 4.92 Å². The average molecular weight is 343 g/mol. The third kappa shape index (κ3) is 3.85. The van der Waals surface area contributed by atoms with Gasteiger partial charge in [0.2, 0.25) is 5.69 Å². The number of nitrogens with one attached hydrogen (secondary N) is 1. The summed E-state index contributed by atoms with van der Waals surface area (Å²) in [6, 6.07) is 10.2. The van der Waals surface area contributed by atoms with Crippen LogP contribution in [-0.2, 0) is 13.6 Å². The number of hydrogen-bond acceptors (Lipinski definition) is 5. The second-order valence-corrected chi connectivity index (χ2v) is 6.22. The molecule has 2 heterocycles. The number of aryl methyl sites for hydroxylation is 1. The van der Waals surface area contributed by atoms with E-state index in [-0.39, 0.29) is 23.3 Å². The third-order valence-electron chi connectivity index (χ3n) is 4.47. The fourth-order valence-electron chi connectivity index (χ4n) is 3.14. The van der Waals surface area contributed by atoms with E-state index < -0.39 is 4.92 Å². The summed E-state index contributed by atoms with van der Waals surface area (Å²) < 4.78 is 1.28. The highest BCUT2D eigenvalue weighted by atomic mass is 16.6. The predicted octanol–water partition coefficient (Wildman–Crippen LogP) is 1.72. The second-order valence-electron chi connectivity index (χ2n) is 6.22. The van der Waals surface area contributed by atoms with Crippen molar-refractivity contribution in [1.29, 1.82) is 0 Å². The lowest BCUT2D eigenvalue weighted by Crippen LogP contribution is -2.48. The molecule has 8 heteroatoms. The van der Waals surface area contributed by atoms with E-state index in [1.807, 2.05) is 18.2 Å². The minimum atomic E-state index is -0.560. The molecule has 3 rings (SSSR count). The van der Waals surface area contributed by atoms with Crippen LogP contribution >= 0.6 is 0 Å². The molecule has 8 nitrogen and oxygen atoms in total. The van der Waals surface area contributed by atoms with Crippen molar-refractivity contribution in [2.24, 2.45) is 7.05 Å². The minimum absolute atomic E-state index is 0.0358. The molecule has 1 aliphatic heterocycles. The lowest BCUT2D eigenvalue weighted by molar-refractivity contribution is -0.385. The summed E-state index contributed by atoms with van der Waals surface area (Å²) in [6.45, 7) is 1.87. The van der Waals surface area contributed by atoms with Gasteiger partial charge in [-0.25, -0.2) is 0 Å². The first-order chi connectivity index (χ1) is 12.1. The number of nitro groups is 1. The zero-order valence-corrected chi connectivity index (χ0v) is 14.1. The SMILES string of the molecule is Cn1ncc([N+](=O)[O-])c1C(=O)N1CCCC(NCc2ccccc2)C1. The van der Waals surface area contributed by atoms with Crippen LogP contribution in [0.3, 0.4) is 0 Å². The number of amides is 1. The Morgan fingerprint density at radius 2 is 2.16 bits per heavy atom. The zero-order chi connectivity index (χ0) is 17.8. The van der Waals surface area contributed by atoms with Crippen molar-refractivity contribution in [2.75, 3.05) is 13.1 Å². The van der Waals surface area contributed by atoms with Gasteiger partial charge in [0.15, 0.2) is 0 Å². The molecule has 0 radical (unpaired) electrons. The molecular weight excluding hydrogens is 322 g/mol. The van der Waals surface area contributed by atoms with E-state index in [0.29, 0.717) is 13.1 Å². The van der Waals surface area contributed by atoms with Gasteiger partial charge in [-0.3, -0.25) is 19.6 Å². The van der Waals surface area contributed by atoms with Crippen LogP contribution in [0.15, 0.2) is 36.5 Å². The monoisotopic (exact) mass is 343 g/mol. The molecule has 1 aromatic heterocycles. The Morgan fingerprint density at radius 3 is 2.88 bits per heavy atom. The Labute approximate surface area is 145 Å². The first-order valence-corrected chi connectivity index (χ1v) is 8.29. The topological polar surface area (TPSA) is 93.3 Å². The first-order valence-electron chi connectivity index (χ1n) is 8.29. The molecule has 0 saturated carbocycles. The second kappa shape index (κ2) is 7.43. The number of nitrogens with zero attached hydrogens (tertiary/aromatic N) is 4. The highest BCUT2D eigenvalue weighted by Gasteiger charge is 2.32. The smallest absolute Gasteiger partial charge is 0.320 e. The lowest BCUT2D eigenvalue weighted by atomic mass is 10.0. The highest BCUT2D eigenvalue weighted by molar-refractivity contribution is 5.96. The Kier molecular flexibility index (Phi) is 5.08. The van der Waals surface area contributed by atoms with Gasteiger partial charge in [-0.15, -0.1) is 0 Å². The Bertz CT molecular complexity index is 759. The van der Waals surface area contributed by atoms with E-state index in [1.165, 1.54) is 10.2 Å². The van der Waals surface area contributed by atoms with Crippen molar-refractivity contribution in [3.05, 3.63) is 57.9 Å². The van der Waals surface area contributed by atoms with Gasteiger partial charge in [0.25, 0.3) is 5.91 Å². The maximum atomic E-state index is 12.8. The number of piperidine rings is 1. The van der Waals surface area contributed by atoms with Crippen LogP contribution in [0.2, 0.25) is 0 Å². The molecule has 1 unspecified atom stereocenters. The molecule has 1 fully saturated rings. The number of carbonyl (C=O) groups excluding carboxylic acids is 1. The van der Waals surface area contributed by atoms with Gasteiger partial charge in [-0.1, -0.05) is 30.3 Å². The van der Waals surface area contributed by atoms with Crippen molar-refractivity contribution in [3.63, 3.8) is 0 Å². The predicted molar refractivity (Wildman–Crippen MR) is 92.1 cm³/mol. The largest absolute Gasteiger partial charge is 0.336 e. The summed E-state index contributed by atoms with van der Waals surface area (Å²) in [5.41, 5.74) is 0.980. The number of likely N-dealkylation sites (tertiary alicyclic amines) is 1. The molecule has 1 saturated heterocycles. The van der Waals surface area contributed by atoms with E-state index in [0.717, 1.165) is 25.6 Å².